The predicted octanol–water partition coefficient (Wildman–Crippen LogP) is 7.41. The molecular weight excluding hydrogens is 1250 g/mol. The van der Waals surface area contributed by atoms with Crippen molar-refractivity contribution in [3.05, 3.63) is 176 Å². The molecule has 4 aromatic carbocycles. The van der Waals surface area contributed by atoms with Gasteiger partial charge in [0.05, 0.1) is 23.4 Å². The number of halogens is 11. The maximum absolute atomic E-state index is 14.5. The van der Waals surface area contributed by atoms with Crippen molar-refractivity contribution in [1.82, 2.24) is 13.6 Å². The lowest BCUT2D eigenvalue weighted by atomic mass is 9.85. The smallest absolute Gasteiger partial charge is 0.338 e. The molecule has 0 spiro atoms. The third kappa shape index (κ3) is 12.1. The number of fused-ring (bicyclic) bond motifs is 2. The first-order chi connectivity index (χ1) is 42.0. The number of pyridine rings is 2. The first kappa shape index (κ1) is 64.5. The van der Waals surface area contributed by atoms with Crippen molar-refractivity contribution in [3.63, 3.8) is 0 Å². The van der Waals surface area contributed by atoms with Gasteiger partial charge in [-0.3, -0.25) is 14.6 Å². The van der Waals surface area contributed by atoms with E-state index in [0.717, 1.165) is 62.5 Å². The van der Waals surface area contributed by atoms with Gasteiger partial charge in [-0.25, -0.2) is 75.3 Å². The van der Waals surface area contributed by atoms with Gasteiger partial charge in [-0.15, -0.1) is 0 Å². The zero-order valence-corrected chi connectivity index (χ0v) is 49.1. The van der Waals surface area contributed by atoms with Crippen LogP contribution in [0.5, 0.6) is 0 Å². The average Bonchev–Trinajstić information content (AvgIpc) is 1.43. The molecule has 29 heteroatoms. The largest absolute Gasteiger partial charge is 1.00 e. The number of aromatic nitrogens is 2. The van der Waals surface area contributed by atoms with Crippen LogP contribution in [0.4, 0.5) is 55.3 Å². The van der Waals surface area contributed by atoms with Gasteiger partial charge in [0.25, 0.3) is 0 Å². The summed E-state index contributed by atoms with van der Waals surface area (Å²) in [6, 6.07) is 13.4. The van der Waals surface area contributed by atoms with E-state index in [1.807, 2.05) is 24.4 Å². The first-order valence-electron chi connectivity index (χ1n) is 28.2. The normalized spacial score (nSPS) is 18.7. The molecule has 12 rings (SSSR count). The highest BCUT2D eigenvalue weighted by Crippen LogP contribution is 2.40. The second-order valence-electron chi connectivity index (χ2n) is 22.2. The monoisotopic (exact) mass is 1310 g/mol. The lowest BCUT2D eigenvalue weighted by Gasteiger charge is -2.41. The molecule has 0 radical (unpaired) electrons. The lowest BCUT2D eigenvalue weighted by molar-refractivity contribution is -0.391. The number of aromatic amines is 1. The maximum Gasteiger partial charge on any atom is 0.338 e. The number of esters is 2. The molecule has 4 aliphatic heterocycles. The number of nitrogens with one attached hydrogen (secondary N) is 1. The number of hydrogen-bond donors (Lipinski definition) is 0. The fourth-order valence-electron chi connectivity index (χ4n) is 12.0. The number of H-pyrrole nitrogens is 1. The molecule has 6 aliphatic rings. The minimum atomic E-state index is -5.33. The molecule has 2 saturated carbocycles. The van der Waals surface area contributed by atoms with Gasteiger partial charge in [-0.05, 0) is 104 Å². The van der Waals surface area contributed by atoms with E-state index < -0.39 is 130 Å². The molecule has 6 heterocycles. The third-order valence-electron chi connectivity index (χ3n) is 17.0. The average molecular weight is 1310 g/mol. The lowest BCUT2D eigenvalue weighted by Crippen LogP contribution is -3.00. The highest BCUT2D eigenvalue weighted by Gasteiger charge is 2.50. The SMILES string of the molecule is O=C1OCc2cc(N(Cc3ccc(C4CCCCC4)c[nH+]3)C(=O)[C@H]3CCN3S(=O)(=O)c3c(F)c(F)c(F)c(F)c3F)ccc21.O=C1OCc2cc(N(Cc3ccc(C4CCCCC4)cn3)C(=O)[C@H]3CCN3S(=O)(=O)c3c(F)c(F)c(F)c(F)c3F)ccc21.[Cl-]. The number of hydrogen-bond acceptors (Lipinski definition) is 11. The van der Waals surface area contributed by atoms with Gasteiger partial charge in [-0.2, -0.15) is 8.61 Å². The summed E-state index contributed by atoms with van der Waals surface area (Å²) in [5.41, 5.74) is 5.39. The van der Waals surface area contributed by atoms with Crippen molar-refractivity contribution in [2.24, 2.45) is 0 Å². The van der Waals surface area contributed by atoms with Crippen LogP contribution in [0.2, 0.25) is 0 Å². The Labute approximate surface area is 509 Å². The quantitative estimate of drug-likeness (QED) is 0.0456. The molecule has 4 fully saturated rings. The van der Waals surface area contributed by atoms with E-state index in [-0.39, 0.29) is 69.5 Å². The van der Waals surface area contributed by atoms with E-state index in [1.165, 1.54) is 53.0 Å². The Kier molecular flexibility index (Phi) is 18.7. The number of nitrogens with zero attached hydrogens (tertiary/aromatic N) is 5. The molecule has 2 saturated heterocycles. The van der Waals surface area contributed by atoms with E-state index in [2.05, 4.69) is 9.97 Å². The molecular formula is C60H53ClF10N6O10S2. The summed E-state index contributed by atoms with van der Waals surface area (Å²) < 4.78 is 205. The Morgan fingerprint density at radius 1 is 0.517 bits per heavy atom. The number of cyclic esters (lactones) is 2. The van der Waals surface area contributed by atoms with Gasteiger partial charge in [0.1, 0.15) is 31.8 Å². The summed E-state index contributed by atoms with van der Waals surface area (Å²) in [5, 5.41) is 0. The summed E-state index contributed by atoms with van der Waals surface area (Å²) in [6.45, 7) is -1.07. The zero-order valence-electron chi connectivity index (χ0n) is 46.8. The fourth-order valence-corrected chi connectivity index (χ4v) is 15.5. The van der Waals surface area contributed by atoms with Crippen LogP contribution < -0.4 is 27.2 Å². The maximum atomic E-state index is 14.5. The molecule has 0 unspecified atom stereocenters. The Morgan fingerprint density at radius 3 is 1.30 bits per heavy atom. The van der Waals surface area contributed by atoms with Gasteiger partial charge in [-0.1, -0.05) is 44.6 Å². The summed E-state index contributed by atoms with van der Waals surface area (Å²) in [6.07, 6.45) is 14.6. The van der Waals surface area contributed by atoms with E-state index in [9.17, 15) is 79.9 Å². The topological polar surface area (TPSA) is 195 Å². The molecule has 16 nitrogen and oxygen atoms in total. The molecule has 89 heavy (non-hydrogen) atoms. The van der Waals surface area contributed by atoms with E-state index >= 15 is 0 Å². The molecule has 2 aliphatic carbocycles. The van der Waals surface area contributed by atoms with Gasteiger partial charge in [0, 0.05) is 53.4 Å². The van der Waals surface area contributed by atoms with Crippen LogP contribution in [0.25, 0.3) is 0 Å². The Balaban J connectivity index is 0.000000194. The standard InChI is InChI=1S/2C30H26F5N3O5S.ClH/c2*31-23-24(32)26(34)28(27(35)25(23)33)44(41,42)38-11-10-22(38)29(39)37(20-8-9-21-18(12-20)15-43-30(21)40)14-19-7-6-17(13-36-19)16-4-2-1-3-5-16;/h2*6-9,12-13,16,22H,1-5,10-11,14-15H2;1H/t2*22-;/m11./s1. The van der Waals surface area contributed by atoms with E-state index in [0.29, 0.717) is 54.1 Å². The van der Waals surface area contributed by atoms with Gasteiger partial charge < -0.3 is 31.7 Å². The van der Waals surface area contributed by atoms with Gasteiger partial charge in [0.15, 0.2) is 68.2 Å². The molecule has 2 amide bonds. The van der Waals surface area contributed by atoms with Gasteiger partial charge in [0.2, 0.25) is 43.5 Å². The number of ether oxygens (including phenoxy) is 2. The van der Waals surface area contributed by atoms with Crippen LogP contribution in [-0.2, 0) is 65.4 Å². The van der Waals surface area contributed by atoms with Crippen LogP contribution in [0, 0.1) is 58.2 Å². The van der Waals surface area contributed by atoms with Crippen molar-refractivity contribution < 1.29 is 107 Å². The van der Waals surface area contributed by atoms with Crippen molar-refractivity contribution in [2.45, 2.75) is 137 Å². The fraction of sp³-hybridized carbons (Fsp3) is 0.367. The van der Waals surface area contributed by atoms with Crippen molar-refractivity contribution in [1.29, 1.82) is 0 Å². The third-order valence-corrected chi connectivity index (χ3v) is 20.9. The summed E-state index contributed by atoms with van der Waals surface area (Å²) in [7, 11) is -10.7. The first-order valence-corrected chi connectivity index (χ1v) is 31.1. The highest BCUT2D eigenvalue weighted by atomic mass is 35.5. The van der Waals surface area contributed by atoms with Crippen molar-refractivity contribution >= 4 is 55.2 Å². The second-order valence-corrected chi connectivity index (χ2v) is 25.9. The molecule has 0 bridgehead atoms. The van der Waals surface area contributed by atoms with Crippen LogP contribution in [0.15, 0.2) is 82.8 Å². The van der Waals surface area contributed by atoms with Crippen molar-refractivity contribution in [3.8, 4) is 0 Å². The summed E-state index contributed by atoms with van der Waals surface area (Å²) in [4.78, 5) is 58.1. The van der Waals surface area contributed by atoms with Gasteiger partial charge >= 0.3 is 11.9 Å². The number of carbonyl (C=O) groups is 4. The Morgan fingerprint density at radius 2 is 0.921 bits per heavy atom. The summed E-state index contributed by atoms with van der Waals surface area (Å²) >= 11 is 0. The number of anilines is 2. The zero-order chi connectivity index (χ0) is 62.7. The summed E-state index contributed by atoms with van der Waals surface area (Å²) in [5.74, 6) is -26.6. The van der Waals surface area contributed by atoms with Crippen LogP contribution in [0.3, 0.4) is 0 Å². The van der Waals surface area contributed by atoms with E-state index in [4.69, 9.17) is 9.47 Å². The minimum absolute atomic E-state index is 0. The predicted molar refractivity (Wildman–Crippen MR) is 289 cm³/mol. The number of sulfonamides is 2. The van der Waals surface area contributed by atoms with Crippen LogP contribution in [0.1, 0.15) is 143 Å². The van der Waals surface area contributed by atoms with Crippen LogP contribution in [-0.4, -0.2) is 79.4 Å². The Bertz CT molecular complexity index is 3740. The van der Waals surface area contributed by atoms with Crippen LogP contribution >= 0.6 is 0 Å². The minimum Gasteiger partial charge on any atom is -1.00 e. The van der Waals surface area contributed by atoms with E-state index in [1.54, 1.807) is 18.3 Å². The number of rotatable bonds is 14. The number of benzene rings is 4. The molecule has 472 valence electrons. The second kappa shape index (κ2) is 25.8. The number of carbonyl (C=O) groups excluding carboxylic acids is 4. The molecule has 2 atom stereocenters. The van der Waals surface area contributed by atoms with Crippen molar-refractivity contribution in [2.75, 3.05) is 22.9 Å². The molecule has 1 N–H and O–H groups in total. The molecule has 2 aromatic heterocycles. The number of amides is 2. The molecule has 6 aromatic rings. The Hall–Kier alpha value is -7.53. The highest BCUT2D eigenvalue weighted by molar-refractivity contribution is 7.89.